The van der Waals surface area contributed by atoms with Gasteiger partial charge in [-0.3, -0.25) is 18.7 Å². The largest absolute Gasteiger partial charge is 1.00 e. The molecule has 0 saturated carbocycles. The van der Waals surface area contributed by atoms with E-state index in [0.717, 1.165) is 16.9 Å². The van der Waals surface area contributed by atoms with Crippen molar-refractivity contribution in [3.05, 3.63) is 33.7 Å². The van der Waals surface area contributed by atoms with Gasteiger partial charge in [-0.2, -0.15) is 0 Å². The van der Waals surface area contributed by atoms with Crippen molar-refractivity contribution >= 4 is 46.0 Å². The van der Waals surface area contributed by atoms with Crippen LogP contribution in [0.15, 0.2) is 28.8 Å². The Labute approximate surface area is 199 Å². The molecule has 3 rings (SSSR count). The zero-order chi connectivity index (χ0) is 21.3. The third kappa shape index (κ3) is 4.31. The van der Waals surface area contributed by atoms with E-state index in [1.807, 2.05) is 0 Å². The predicted molar refractivity (Wildman–Crippen MR) is 97.1 cm³/mol. The molecule has 1 saturated heterocycles. The topological polar surface area (TPSA) is 168 Å². The molecule has 1 fully saturated rings. The van der Waals surface area contributed by atoms with Gasteiger partial charge in [-0.1, -0.05) is 6.07 Å². The molecule has 11 nitrogen and oxygen atoms in total. The molecule has 14 heteroatoms. The van der Waals surface area contributed by atoms with Crippen LogP contribution in [0.3, 0.4) is 0 Å². The van der Waals surface area contributed by atoms with Gasteiger partial charge in [0.05, 0.1) is 34.6 Å². The fraction of sp³-hybridized carbons (Fsp3) is 0.375. The standard InChI is InChI=1S/C16H17N3O8S2.Na/c1-26-16(18-10(20)5-9-3-2-4-28-9)13(23)19-11(12(21)22)8(6-27-15(17)24)7-29(25)14(16)19;/h2-4,14H,5-7H2,1H3,(H2,17,24)(H,18,20)(H,21,22);/q;+1/p-1/t14-,16+,29?;/m1./s1. The van der Waals surface area contributed by atoms with E-state index in [1.54, 1.807) is 17.5 Å². The van der Waals surface area contributed by atoms with Crippen LogP contribution in [-0.4, -0.2) is 63.6 Å². The first kappa shape index (κ1) is 24.5. The van der Waals surface area contributed by atoms with Crippen molar-refractivity contribution < 1.29 is 67.5 Å². The zero-order valence-electron chi connectivity index (χ0n) is 16.0. The van der Waals surface area contributed by atoms with Crippen LogP contribution in [-0.2, 0) is 41.1 Å². The summed E-state index contributed by atoms with van der Waals surface area (Å²) < 4.78 is 22.6. The number of carbonyl (C=O) groups excluding carboxylic acids is 4. The number of β-lactam (4-membered cyclic amide) rings is 1. The van der Waals surface area contributed by atoms with Crippen LogP contribution >= 0.6 is 11.3 Å². The number of nitrogens with one attached hydrogen (secondary N) is 1. The molecule has 3 atom stereocenters. The molecule has 3 N–H and O–H groups in total. The van der Waals surface area contributed by atoms with Gasteiger partial charge >= 0.3 is 35.7 Å². The number of nitrogens with two attached hydrogens (primary N) is 1. The second-order valence-corrected chi connectivity index (χ2v) is 8.67. The quantitative estimate of drug-likeness (QED) is 0.229. The Morgan fingerprint density at radius 1 is 1.47 bits per heavy atom. The van der Waals surface area contributed by atoms with Crippen LogP contribution in [0.2, 0.25) is 0 Å². The first-order valence-electron chi connectivity index (χ1n) is 8.16. The van der Waals surface area contributed by atoms with Crippen molar-refractivity contribution in [2.24, 2.45) is 5.73 Å². The number of ether oxygens (including phenoxy) is 2. The molecular weight excluding hydrogens is 449 g/mol. The van der Waals surface area contributed by atoms with Gasteiger partial charge in [0.2, 0.25) is 5.91 Å². The second kappa shape index (κ2) is 9.58. The fourth-order valence-corrected chi connectivity index (χ4v) is 5.69. The van der Waals surface area contributed by atoms with E-state index in [9.17, 15) is 28.5 Å². The third-order valence-electron chi connectivity index (χ3n) is 4.40. The van der Waals surface area contributed by atoms with Crippen LogP contribution in [0.5, 0.6) is 0 Å². The minimum atomic E-state index is -1.98. The molecule has 156 valence electrons. The molecule has 0 spiro atoms. The Morgan fingerprint density at radius 2 is 2.17 bits per heavy atom. The summed E-state index contributed by atoms with van der Waals surface area (Å²) in [4.78, 5) is 49.1. The van der Waals surface area contributed by atoms with Crippen LogP contribution in [0.25, 0.3) is 0 Å². The van der Waals surface area contributed by atoms with Gasteiger partial charge in [-0.05, 0) is 11.4 Å². The van der Waals surface area contributed by atoms with Crippen molar-refractivity contribution in [3.8, 4) is 0 Å². The van der Waals surface area contributed by atoms with Crippen molar-refractivity contribution in [1.29, 1.82) is 0 Å². The average Bonchev–Trinajstić information content (AvgIpc) is 3.16. The number of methoxy groups -OCH3 is 1. The minimum absolute atomic E-state index is 0. The number of carboxylic acid groups (broad SMARTS) is 1. The number of hydrogen-bond donors (Lipinski definition) is 2. The van der Waals surface area contributed by atoms with Crippen molar-refractivity contribution in [1.82, 2.24) is 10.2 Å². The third-order valence-corrected chi connectivity index (χ3v) is 6.95. The summed E-state index contributed by atoms with van der Waals surface area (Å²) in [5, 5.41) is 14.6. The smallest absolute Gasteiger partial charge is 0.543 e. The Balaban J connectivity index is 0.00000320. The van der Waals surface area contributed by atoms with E-state index in [2.05, 4.69) is 10.1 Å². The number of aliphatic carboxylic acids is 1. The van der Waals surface area contributed by atoms with Gasteiger partial charge in [0.25, 0.3) is 11.6 Å². The normalized spacial score (nSPS) is 25.0. The van der Waals surface area contributed by atoms with Crippen molar-refractivity contribution in [2.75, 3.05) is 19.5 Å². The summed E-state index contributed by atoms with van der Waals surface area (Å²) >= 11 is 1.34. The van der Waals surface area contributed by atoms with E-state index >= 15 is 0 Å². The van der Waals surface area contributed by atoms with Gasteiger partial charge in [-0.25, -0.2) is 4.79 Å². The molecule has 3 amide bonds. The molecule has 0 radical (unpaired) electrons. The summed E-state index contributed by atoms with van der Waals surface area (Å²) in [5.41, 5.74) is 2.22. The molecule has 0 bridgehead atoms. The molecule has 0 aliphatic carbocycles. The summed E-state index contributed by atoms with van der Waals surface area (Å²) in [7, 11) is -0.724. The van der Waals surface area contributed by atoms with E-state index in [0.29, 0.717) is 0 Å². The number of hydrogen-bond acceptors (Lipinski definition) is 9. The summed E-state index contributed by atoms with van der Waals surface area (Å²) in [5.74, 6) is -3.54. The summed E-state index contributed by atoms with van der Waals surface area (Å²) in [6, 6.07) is 3.50. The fourth-order valence-electron chi connectivity index (χ4n) is 3.21. The summed E-state index contributed by atoms with van der Waals surface area (Å²) in [6.07, 6.45) is -1.19. The number of carbonyl (C=O) groups is 4. The Morgan fingerprint density at radius 3 is 2.70 bits per heavy atom. The maximum absolute atomic E-state index is 12.8. The Hall–Kier alpha value is -1.77. The zero-order valence-corrected chi connectivity index (χ0v) is 19.7. The molecule has 2 aliphatic heterocycles. The van der Waals surface area contributed by atoms with E-state index < -0.39 is 58.1 Å². The SMILES string of the molecule is CO[C@@]1(NC(=O)Cc2cccs2)C(=O)N2C(C(=O)[O-])=C(COC(N)=O)CS(=O)[C@@H]21.[Na+]. The first-order valence-corrected chi connectivity index (χ1v) is 10.4. The van der Waals surface area contributed by atoms with E-state index in [-0.39, 0.29) is 47.3 Å². The predicted octanol–water partition coefficient (Wildman–Crippen LogP) is -5.22. The number of thiophene rings is 1. The van der Waals surface area contributed by atoms with Crippen molar-refractivity contribution in [2.45, 2.75) is 17.5 Å². The number of amides is 3. The molecule has 1 unspecified atom stereocenters. The molecule has 0 aromatic carbocycles. The number of rotatable bonds is 7. The van der Waals surface area contributed by atoms with Gasteiger partial charge in [0.15, 0.2) is 5.37 Å². The molecule has 1 aromatic heterocycles. The van der Waals surface area contributed by atoms with Gasteiger partial charge < -0.3 is 30.4 Å². The number of nitrogens with zero attached hydrogens (tertiary/aromatic N) is 1. The molecule has 1 aromatic rings. The number of carboxylic acids is 1. The Bertz CT molecular complexity index is 935. The van der Waals surface area contributed by atoms with Crippen molar-refractivity contribution in [3.63, 3.8) is 0 Å². The monoisotopic (exact) mass is 465 g/mol. The summed E-state index contributed by atoms with van der Waals surface area (Å²) in [6.45, 7) is -0.564. The minimum Gasteiger partial charge on any atom is -0.543 e. The maximum Gasteiger partial charge on any atom is 1.00 e. The molecule has 3 heterocycles. The number of fused-ring (bicyclic) bond motifs is 1. The van der Waals surface area contributed by atoms with Crippen LogP contribution in [0.1, 0.15) is 4.88 Å². The van der Waals surface area contributed by atoms with E-state index in [1.165, 1.54) is 11.3 Å². The van der Waals surface area contributed by atoms with Gasteiger partial charge in [-0.15, -0.1) is 11.3 Å². The first-order chi connectivity index (χ1) is 13.7. The van der Waals surface area contributed by atoms with Crippen LogP contribution in [0.4, 0.5) is 4.79 Å². The van der Waals surface area contributed by atoms with E-state index in [4.69, 9.17) is 10.5 Å². The van der Waals surface area contributed by atoms with Crippen LogP contribution < -0.4 is 45.7 Å². The Kier molecular flexibility index (Phi) is 7.82. The molecule has 30 heavy (non-hydrogen) atoms. The average molecular weight is 465 g/mol. The molecule has 2 aliphatic rings. The number of primary amides is 1. The second-order valence-electron chi connectivity index (χ2n) is 6.14. The van der Waals surface area contributed by atoms with Gasteiger partial charge in [0, 0.05) is 17.6 Å². The molecular formula is C16H16N3NaO8S2. The van der Waals surface area contributed by atoms with Gasteiger partial charge in [0.1, 0.15) is 6.61 Å². The maximum atomic E-state index is 12.8. The van der Waals surface area contributed by atoms with Crippen LogP contribution in [0, 0.1) is 0 Å².